The van der Waals surface area contributed by atoms with Gasteiger partial charge in [0.25, 0.3) is 0 Å². The Kier molecular flexibility index (Phi) is 4.88. The highest BCUT2D eigenvalue weighted by Gasteiger charge is 1.85. The first-order valence-corrected chi connectivity index (χ1v) is 3.75. The van der Waals surface area contributed by atoms with Gasteiger partial charge >= 0.3 is 0 Å². The summed E-state index contributed by atoms with van der Waals surface area (Å²) in [4.78, 5) is 2.00. The lowest BCUT2D eigenvalue weighted by atomic mass is 10.3. The van der Waals surface area contributed by atoms with E-state index >= 15 is 0 Å². The predicted octanol–water partition coefficient (Wildman–Crippen LogP) is 1.03. The van der Waals surface area contributed by atoms with Gasteiger partial charge in [0, 0.05) is 0 Å². The molecule has 0 aliphatic heterocycles. The first-order chi connectivity index (χ1) is 5.54. The van der Waals surface area contributed by atoms with Gasteiger partial charge in [-0.25, -0.2) is 0 Å². The number of anilines is 2. The first-order valence-electron chi connectivity index (χ1n) is 3.75. The topological polar surface area (TPSA) is 55.3 Å². The number of nitrogen functional groups attached to an aromatic ring is 2. The lowest BCUT2D eigenvalue weighted by Gasteiger charge is -1.94. The van der Waals surface area contributed by atoms with Crippen molar-refractivity contribution in [3.63, 3.8) is 0 Å². The second kappa shape index (κ2) is 5.43. The van der Waals surface area contributed by atoms with Crippen molar-refractivity contribution in [1.29, 1.82) is 0 Å². The molecule has 0 fully saturated rings. The Morgan fingerprint density at radius 2 is 1.17 bits per heavy atom. The van der Waals surface area contributed by atoms with Crippen molar-refractivity contribution in [1.82, 2.24) is 4.90 Å². The third-order valence-electron chi connectivity index (χ3n) is 0.996. The van der Waals surface area contributed by atoms with Gasteiger partial charge in [-0.05, 0) is 33.3 Å². The highest BCUT2D eigenvalue weighted by atomic mass is 15.0. The summed E-state index contributed by atoms with van der Waals surface area (Å²) >= 11 is 0. The van der Waals surface area contributed by atoms with E-state index < -0.39 is 0 Å². The Bertz CT molecular complexity index is 197. The third kappa shape index (κ3) is 5.56. The van der Waals surface area contributed by atoms with Gasteiger partial charge in [-0.15, -0.1) is 0 Å². The molecule has 0 aromatic heterocycles. The molecule has 3 nitrogen and oxygen atoms in total. The largest absolute Gasteiger partial charge is 0.397 e. The minimum absolute atomic E-state index is 0.646. The maximum atomic E-state index is 5.39. The van der Waals surface area contributed by atoms with Gasteiger partial charge < -0.3 is 16.4 Å². The summed E-state index contributed by atoms with van der Waals surface area (Å²) in [7, 11) is 6.00. The molecule has 1 aromatic carbocycles. The SMILES string of the molecule is CN(C)C.Nc1ccccc1N. The summed E-state index contributed by atoms with van der Waals surface area (Å²) in [5.74, 6) is 0. The van der Waals surface area contributed by atoms with Crippen molar-refractivity contribution < 1.29 is 0 Å². The minimum atomic E-state index is 0.646. The van der Waals surface area contributed by atoms with Gasteiger partial charge in [-0.3, -0.25) is 0 Å². The summed E-state index contributed by atoms with van der Waals surface area (Å²) in [5.41, 5.74) is 12.1. The molecule has 4 N–H and O–H groups in total. The van der Waals surface area contributed by atoms with Crippen LogP contribution in [0.3, 0.4) is 0 Å². The maximum Gasteiger partial charge on any atom is 0.0547 e. The summed E-state index contributed by atoms with van der Waals surface area (Å²) < 4.78 is 0. The molecule has 1 rings (SSSR count). The lowest BCUT2D eigenvalue weighted by Crippen LogP contribution is -1.99. The van der Waals surface area contributed by atoms with Crippen LogP contribution in [0.5, 0.6) is 0 Å². The Hall–Kier alpha value is -1.22. The van der Waals surface area contributed by atoms with Gasteiger partial charge in [0.2, 0.25) is 0 Å². The Balaban J connectivity index is 0.000000261. The van der Waals surface area contributed by atoms with Gasteiger partial charge in [-0.2, -0.15) is 0 Å². The standard InChI is InChI=1S/C6H8N2.C3H9N/c7-5-3-1-2-4-6(5)8;1-4(2)3/h1-4H,7-8H2;1-3H3. The molecule has 0 saturated heterocycles. The van der Waals surface area contributed by atoms with Gasteiger partial charge in [0.1, 0.15) is 0 Å². The summed E-state index contributed by atoms with van der Waals surface area (Å²) in [5, 5.41) is 0. The molecule has 0 heterocycles. The average molecular weight is 167 g/mol. The predicted molar refractivity (Wildman–Crippen MR) is 54.9 cm³/mol. The Labute approximate surface area is 74.0 Å². The highest BCUT2D eigenvalue weighted by molar-refractivity contribution is 5.62. The van der Waals surface area contributed by atoms with E-state index in [-0.39, 0.29) is 0 Å². The molecule has 0 amide bonds. The van der Waals surface area contributed by atoms with Crippen LogP contribution in [0.1, 0.15) is 0 Å². The average Bonchev–Trinajstić information content (AvgIpc) is 1.94. The molecule has 0 radical (unpaired) electrons. The monoisotopic (exact) mass is 167 g/mol. The van der Waals surface area contributed by atoms with Crippen molar-refractivity contribution in [2.45, 2.75) is 0 Å². The molecule has 1 aromatic rings. The third-order valence-corrected chi connectivity index (χ3v) is 0.996. The van der Waals surface area contributed by atoms with Crippen LogP contribution in [-0.4, -0.2) is 26.0 Å². The van der Waals surface area contributed by atoms with E-state index in [0.717, 1.165) is 0 Å². The smallest absolute Gasteiger partial charge is 0.0547 e. The zero-order chi connectivity index (χ0) is 9.56. The van der Waals surface area contributed by atoms with Crippen molar-refractivity contribution >= 4 is 11.4 Å². The van der Waals surface area contributed by atoms with Crippen molar-refractivity contribution in [3.05, 3.63) is 24.3 Å². The molecule has 0 unspecified atom stereocenters. The van der Waals surface area contributed by atoms with Crippen LogP contribution in [0.2, 0.25) is 0 Å². The van der Waals surface area contributed by atoms with E-state index in [1.807, 2.05) is 38.2 Å². The zero-order valence-electron chi connectivity index (χ0n) is 7.91. The maximum absolute atomic E-state index is 5.39. The number of nitrogens with two attached hydrogens (primary N) is 2. The van der Waals surface area contributed by atoms with Crippen molar-refractivity contribution in [2.24, 2.45) is 0 Å². The quantitative estimate of drug-likeness (QED) is 0.567. The molecule has 0 saturated carbocycles. The Morgan fingerprint density at radius 3 is 1.33 bits per heavy atom. The Morgan fingerprint density at radius 1 is 0.917 bits per heavy atom. The van der Waals surface area contributed by atoms with Crippen LogP contribution >= 0.6 is 0 Å². The zero-order valence-corrected chi connectivity index (χ0v) is 7.91. The van der Waals surface area contributed by atoms with E-state index in [1.54, 1.807) is 12.1 Å². The van der Waals surface area contributed by atoms with Crippen LogP contribution < -0.4 is 11.5 Å². The fraction of sp³-hybridized carbons (Fsp3) is 0.333. The van der Waals surface area contributed by atoms with Crippen LogP contribution in [0.25, 0.3) is 0 Å². The number of hydrogen-bond acceptors (Lipinski definition) is 3. The minimum Gasteiger partial charge on any atom is -0.397 e. The highest BCUT2D eigenvalue weighted by Crippen LogP contribution is 2.10. The molecule has 3 heteroatoms. The molecule has 0 aliphatic rings. The van der Waals surface area contributed by atoms with Crippen LogP contribution in [0, 0.1) is 0 Å². The lowest BCUT2D eigenvalue weighted by molar-refractivity contribution is 0.505. The molecule has 0 aliphatic carbocycles. The summed E-state index contributed by atoms with van der Waals surface area (Å²) in [6.07, 6.45) is 0. The van der Waals surface area contributed by atoms with Gasteiger partial charge in [-0.1, -0.05) is 12.1 Å². The molecular formula is C9H17N3. The molecule has 68 valence electrons. The van der Waals surface area contributed by atoms with Crippen LogP contribution in [0.4, 0.5) is 11.4 Å². The van der Waals surface area contributed by atoms with E-state index in [9.17, 15) is 0 Å². The fourth-order valence-electron chi connectivity index (χ4n) is 0.511. The normalized spacial score (nSPS) is 9.00. The molecular weight excluding hydrogens is 150 g/mol. The molecule has 0 atom stereocenters. The second-order valence-electron chi connectivity index (χ2n) is 2.97. The number of benzene rings is 1. The van der Waals surface area contributed by atoms with Crippen molar-refractivity contribution in [3.8, 4) is 0 Å². The van der Waals surface area contributed by atoms with Gasteiger partial charge in [0.15, 0.2) is 0 Å². The van der Waals surface area contributed by atoms with E-state index in [2.05, 4.69) is 0 Å². The second-order valence-corrected chi connectivity index (χ2v) is 2.97. The fourth-order valence-corrected chi connectivity index (χ4v) is 0.511. The number of para-hydroxylation sites is 2. The number of rotatable bonds is 0. The van der Waals surface area contributed by atoms with Crippen LogP contribution in [-0.2, 0) is 0 Å². The van der Waals surface area contributed by atoms with Crippen molar-refractivity contribution in [2.75, 3.05) is 32.6 Å². The van der Waals surface area contributed by atoms with E-state index in [4.69, 9.17) is 11.5 Å². The summed E-state index contributed by atoms with van der Waals surface area (Å²) in [6.45, 7) is 0. The summed E-state index contributed by atoms with van der Waals surface area (Å²) in [6, 6.07) is 7.25. The van der Waals surface area contributed by atoms with Crippen LogP contribution in [0.15, 0.2) is 24.3 Å². The van der Waals surface area contributed by atoms with E-state index in [0.29, 0.717) is 11.4 Å². The first kappa shape index (κ1) is 10.8. The molecule has 0 spiro atoms. The molecule has 12 heavy (non-hydrogen) atoms. The molecule has 0 bridgehead atoms. The number of hydrogen-bond donors (Lipinski definition) is 2. The van der Waals surface area contributed by atoms with E-state index in [1.165, 1.54) is 0 Å². The number of nitrogens with zero attached hydrogens (tertiary/aromatic N) is 1. The van der Waals surface area contributed by atoms with Gasteiger partial charge in [0.05, 0.1) is 11.4 Å².